The molecule has 6 aromatic rings. The Morgan fingerprint density at radius 2 is 1.31 bits per heavy atom. The molecule has 8 heterocycles. The standard InChI is InChI=1S/C18H12GeO2SSe2.C18H12GeO2STe2/c2*1-19(2)12-4-6-23-17(12)18-13(19)8-9(24-18)7-11-14(20)10-3-5-22-16(10)15(11)21/h2*3-8H,1-2H3/b2*11-7+. The third kappa shape index (κ3) is 4.83. The summed E-state index contributed by atoms with van der Waals surface area (Å²) in [6.07, 6.45) is 3.82. The Balaban J connectivity index is 0.000000131. The van der Waals surface area contributed by atoms with Gasteiger partial charge in [-0.1, -0.05) is 0 Å². The van der Waals surface area contributed by atoms with Crippen molar-refractivity contribution in [2.45, 2.75) is 23.0 Å². The van der Waals surface area contributed by atoms with Gasteiger partial charge in [-0.05, 0) is 0 Å². The summed E-state index contributed by atoms with van der Waals surface area (Å²) in [6.45, 7) is 0. The number of allylic oxidation sites excluding steroid dienone is 2. The van der Waals surface area contributed by atoms with E-state index in [1.165, 1.54) is 30.7 Å². The van der Waals surface area contributed by atoms with E-state index in [1.54, 1.807) is 45.7 Å². The average molecular weight is 1140 g/mol. The van der Waals surface area contributed by atoms with E-state index < -0.39 is 47.0 Å². The fraction of sp³-hybridized carbons (Fsp3) is 0.111. The van der Waals surface area contributed by atoms with Crippen molar-refractivity contribution < 1.29 is 19.2 Å². The molecule has 0 unspecified atom stereocenters. The van der Waals surface area contributed by atoms with E-state index in [0.29, 0.717) is 46.5 Å². The van der Waals surface area contributed by atoms with Crippen LogP contribution < -0.4 is 17.6 Å². The van der Waals surface area contributed by atoms with Gasteiger partial charge in [-0.25, -0.2) is 0 Å². The molecule has 0 amide bonds. The maximum absolute atomic E-state index is 12.5. The number of Topliss-reactive ketones (excluding diaryl/α,β-unsaturated/α-hetero) is 4. The van der Waals surface area contributed by atoms with Gasteiger partial charge in [0.25, 0.3) is 0 Å². The molecule has 0 radical (unpaired) electrons. The van der Waals surface area contributed by atoms with Gasteiger partial charge in [-0.3, -0.25) is 0 Å². The molecule has 48 heavy (non-hydrogen) atoms. The SMILES string of the molecule is [CH3][Ge]1([CH3])[c]2cc[se]c2-c2[se]c(/C=C3\C(=O)c4ccsc4C3=O)c[c]21.[CH3][Ge]1([CH3])[c]2cc[te]c2-c2[te]c(/C=C3\C(=O)c4ccsc4C3=O)c[c]21. The quantitative estimate of drug-likeness (QED) is 0.148. The monoisotopic (exact) mass is 1150 g/mol. The van der Waals surface area contributed by atoms with Crippen LogP contribution in [-0.2, 0) is 0 Å². The van der Waals surface area contributed by atoms with Gasteiger partial charge in [0.1, 0.15) is 0 Å². The number of carbonyl (C=O) groups excluding carboxylic acids is 4. The van der Waals surface area contributed by atoms with Crippen LogP contribution in [0.2, 0.25) is 23.0 Å². The van der Waals surface area contributed by atoms with Gasteiger partial charge in [0, 0.05) is 0 Å². The van der Waals surface area contributed by atoms with Gasteiger partial charge in [-0.2, -0.15) is 0 Å². The number of carbonyl (C=O) groups is 4. The second-order valence-corrected chi connectivity index (χ2v) is 43.0. The minimum atomic E-state index is -2.12. The number of hydrogen-bond acceptors (Lipinski definition) is 6. The zero-order valence-electron chi connectivity index (χ0n) is 26.0. The van der Waals surface area contributed by atoms with Crippen LogP contribution in [0.1, 0.15) is 48.1 Å². The first kappa shape index (κ1) is 33.0. The fourth-order valence-electron chi connectivity index (χ4n) is 7.09. The molecule has 0 aromatic carbocycles. The average Bonchev–Trinajstić information content (AvgIpc) is 3.89. The molecule has 0 saturated heterocycles. The Labute approximate surface area is 322 Å². The third-order valence-corrected chi connectivity index (χ3v) is 42.3. The molecule has 10 rings (SSSR count). The normalized spacial score (nSPS) is 19.0. The Morgan fingerprint density at radius 1 is 0.667 bits per heavy atom. The van der Waals surface area contributed by atoms with Gasteiger partial charge in [0.2, 0.25) is 0 Å². The summed E-state index contributed by atoms with van der Waals surface area (Å²) in [5.74, 6) is 9.60. The van der Waals surface area contributed by atoms with Crippen molar-refractivity contribution >= 4 is 172 Å². The summed E-state index contributed by atoms with van der Waals surface area (Å²) in [6, 6.07) is 13.0. The van der Waals surface area contributed by atoms with Crippen molar-refractivity contribution in [2.75, 3.05) is 0 Å². The molecule has 236 valence electrons. The summed E-state index contributed by atoms with van der Waals surface area (Å²) in [5.41, 5.74) is 1.97. The second kappa shape index (κ2) is 11.9. The van der Waals surface area contributed by atoms with Crippen molar-refractivity contribution in [3.8, 4) is 16.0 Å². The van der Waals surface area contributed by atoms with Crippen molar-refractivity contribution in [1.29, 1.82) is 0 Å². The molecule has 0 saturated carbocycles. The van der Waals surface area contributed by atoms with Crippen LogP contribution in [0, 0.1) is 0 Å². The number of thiophene rings is 2. The molecule has 6 aromatic heterocycles. The molecule has 0 atom stereocenters. The third-order valence-electron chi connectivity index (χ3n) is 9.72. The van der Waals surface area contributed by atoms with Crippen LogP contribution in [-0.4, -0.2) is 120 Å². The van der Waals surface area contributed by atoms with Crippen LogP contribution in [0.15, 0.2) is 67.3 Å². The van der Waals surface area contributed by atoms with Gasteiger partial charge >= 0.3 is 326 Å². The first-order valence-corrected chi connectivity index (χ1v) is 37.9. The number of hydrogen-bond donors (Lipinski definition) is 0. The number of ketones is 4. The van der Waals surface area contributed by atoms with E-state index in [-0.39, 0.29) is 58.1 Å². The molecular weight excluding hydrogens is 1120 g/mol. The predicted octanol–water partition coefficient (Wildman–Crippen LogP) is 4.26. The zero-order chi connectivity index (χ0) is 33.3. The molecule has 0 bridgehead atoms. The molecule has 4 nitrogen and oxygen atoms in total. The van der Waals surface area contributed by atoms with E-state index in [4.69, 9.17) is 0 Å². The van der Waals surface area contributed by atoms with Crippen LogP contribution in [0.4, 0.5) is 0 Å². The van der Waals surface area contributed by atoms with E-state index >= 15 is 0 Å². The Kier molecular flexibility index (Phi) is 8.16. The van der Waals surface area contributed by atoms with E-state index in [9.17, 15) is 19.2 Å². The second-order valence-electron chi connectivity index (χ2n) is 13.1. The van der Waals surface area contributed by atoms with Gasteiger partial charge in [-0.15, -0.1) is 0 Å². The van der Waals surface area contributed by atoms with Crippen LogP contribution >= 0.6 is 22.7 Å². The Morgan fingerprint density at radius 3 is 1.98 bits per heavy atom. The molecule has 2 aliphatic heterocycles. The van der Waals surface area contributed by atoms with Crippen LogP contribution in [0.5, 0.6) is 0 Å². The maximum atomic E-state index is 12.5. The van der Waals surface area contributed by atoms with E-state index in [1.807, 2.05) is 22.9 Å². The summed E-state index contributed by atoms with van der Waals surface area (Å²) in [4.78, 5) is 53.6. The fourth-order valence-corrected chi connectivity index (χ4v) is 51.7. The topological polar surface area (TPSA) is 68.3 Å². The summed E-state index contributed by atoms with van der Waals surface area (Å²) in [7, 11) is 0. The molecule has 2 aliphatic carbocycles. The van der Waals surface area contributed by atoms with E-state index in [2.05, 4.69) is 56.3 Å². The van der Waals surface area contributed by atoms with Crippen molar-refractivity contribution in [2.24, 2.45) is 0 Å². The molecule has 12 heteroatoms. The Hall–Kier alpha value is -0.816. The molecule has 0 N–H and O–H groups in total. The summed E-state index contributed by atoms with van der Waals surface area (Å²) in [5, 5.41) is 3.66. The number of rotatable bonds is 2. The summed E-state index contributed by atoms with van der Waals surface area (Å²) < 4.78 is 18.1. The van der Waals surface area contributed by atoms with Crippen LogP contribution in [0.25, 0.3) is 28.2 Å². The van der Waals surface area contributed by atoms with Gasteiger partial charge in [0.05, 0.1) is 0 Å². The van der Waals surface area contributed by atoms with Crippen molar-refractivity contribution in [3.05, 3.63) is 96.2 Å². The summed E-state index contributed by atoms with van der Waals surface area (Å²) >= 11 is -1.29. The van der Waals surface area contributed by atoms with Crippen LogP contribution in [0.3, 0.4) is 0 Å². The van der Waals surface area contributed by atoms with Gasteiger partial charge < -0.3 is 0 Å². The molecular formula is C36H24Ge2O4S2Se2Te2. The number of fused-ring (bicyclic) bond motifs is 8. The van der Waals surface area contributed by atoms with E-state index in [0.717, 1.165) is 0 Å². The predicted molar refractivity (Wildman–Crippen MR) is 207 cm³/mol. The van der Waals surface area contributed by atoms with Crippen molar-refractivity contribution in [1.82, 2.24) is 0 Å². The minimum absolute atomic E-state index is 0.0672. The van der Waals surface area contributed by atoms with Crippen molar-refractivity contribution in [3.63, 3.8) is 0 Å². The molecule has 4 aliphatic rings. The van der Waals surface area contributed by atoms with Gasteiger partial charge in [0.15, 0.2) is 0 Å². The molecule has 0 spiro atoms. The first-order valence-electron chi connectivity index (χ1n) is 15.2. The first-order chi connectivity index (χ1) is 23.0. The molecule has 0 fully saturated rings. The Bertz CT molecular complexity index is 2270. The zero-order valence-corrected chi connectivity index (χ0v) is 39.9.